The van der Waals surface area contributed by atoms with Gasteiger partial charge >= 0.3 is 28.5 Å². The van der Waals surface area contributed by atoms with E-state index >= 15 is 0 Å². The minimum absolute atomic E-state index is 0.0137. The Kier molecular flexibility index (Phi) is 9.65. The van der Waals surface area contributed by atoms with Gasteiger partial charge in [0.05, 0.1) is 6.20 Å². The number of hydrogen-bond acceptors (Lipinski definition) is 9. The molecule has 16 heteroatoms. The zero-order valence-corrected chi connectivity index (χ0v) is 23.0. The summed E-state index contributed by atoms with van der Waals surface area (Å²) in [5.41, 5.74) is -0.516. The van der Waals surface area contributed by atoms with Crippen LogP contribution in [0.25, 0.3) is 0 Å². The molecule has 0 radical (unpaired) electrons. The molecule has 0 spiro atoms. The molecule has 1 aromatic heterocycles. The molecule has 0 unspecified atom stereocenters. The van der Waals surface area contributed by atoms with Crippen molar-refractivity contribution in [1.29, 1.82) is 0 Å². The predicted octanol–water partition coefficient (Wildman–Crippen LogP) is 3.66. The van der Waals surface area contributed by atoms with Crippen molar-refractivity contribution in [2.75, 3.05) is 40.7 Å². The van der Waals surface area contributed by atoms with E-state index in [0.717, 1.165) is 12.8 Å². The Balaban J connectivity index is 1.91. The number of hydrogen-bond donors (Lipinski definition) is 2. The Morgan fingerprint density at radius 3 is 2.27 bits per heavy atom. The third-order valence-corrected chi connectivity index (χ3v) is 7.09. The average molecular weight is 589 g/mol. The van der Waals surface area contributed by atoms with E-state index in [9.17, 15) is 35.8 Å². The molecular formula is C24H31F3N6O6S. The molecule has 2 aromatic rings. The maximum atomic E-state index is 14.3. The minimum atomic E-state index is -6.02. The number of ether oxygens (including phenoxy) is 1. The van der Waals surface area contributed by atoms with Crippen LogP contribution in [0.15, 0.2) is 30.5 Å². The van der Waals surface area contributed by atoms with Crippen LogP contribution in [0.1, 0.15) is 39.2 Å². The third kappa shape index (κ3) is 7.64. The highest BCUT2D eigenvalue weighted by Gasteiger charge is 2.43. The Labute approximate surface area is 230 Å². The van der Waals surface area contributed by atoms with E-state index in [4.69, 9.17) is 4.74 Å². The molecule has 2 N–H and O–H groups in total. The largest absolute Gasteiger partial charge is 0.480 e. The molecule has 0 saturated carbocycles. The van der Waals surface area contributed by atoms with Crippen molar-refractivity contribution in [3.05, 3.63) is 36.0 Å². The molecule has 3 rings (SSSR count). The summed E-state index contributed by atoms with van der Waals surface area (Å²) < 4.78 is 70.5. The summed E-state index contributed by atoms with van der Waals surface area (Å²) in [7, 11) is -6.02. The number of aromatic nitrogens is 2. The normalized spacial score (nSPS) is 14.5. The SMILES string of the molecule is CCN(CC)c1ncc(N(C(C)(F)F)S(=O)(=O)F)c(N[C@@H](Cc2ccc(OC(=O)N3CCCC3)cc2)C(=O)O)n1. The van der Waals surface area contributed by atoms with E-state index in [1.165, 1.54) is 24.3 Å². The lowest BCUT2D eigenvalue weighted by atomic mass is 10.1. The number of halogens is 3. The standard InChI is InChI=1S/C24H31F3N6O6S/c1-4-31(5-2)22-28-15-19(33(24(3,25)26)40(27,37)38)20(30-22)29-18(21(34)35)14-16-8-10-17(11-9-16)39-23(36)32-12-6-7-13-32/h8-11,15,18H,4-7,12-14H2,1-3H3,(H,34,35)(H,28,29,30)/t18-/m0/s1. The number of benzene rings is 1. The van der Waals surface area contributed by atoms with Gasteiger partial charge in [0.15, 0.2) is 5.82 Å². The van der Waals surface area contributed by atoms with Crippen molar-refractivity contribution >= 4 is 39.9 Å². The van der Waals surface area contributed by atoms with E-state index in [-0.39, 0.29) is 25.0 Å². The summed E-state index contributed by atoms with van der Waals surface area (Å²) in [6.45, 7) is 5.68. The first-order valence-corrected chi connectivity index (χ1v) is 13.9. The first kappa shape index (κ1) is 30.7. The van der Waals surface area contributed by atoms with E-state index in [1.807, 2.05) is 0 Å². The minimum Gasteiger partial charge on any atom is -0.480 e. The summed E-state index contributed by atoms with van der Waals surface area (Å²) in [6, 6.07) is 0.240. The van der Waals surface area contributed by atoms with Crippen LogP contribution < -0.4 is 19.3 Å². The van der Waals surface area contributed by atoms with Gasteiger partial charge in [-0.2, -0.15) is 26.5 Å². The second-order valence-electron chi connectivity index (χ2n) is 9.07. The number of amides is 1. The molecule has 0 aliphatic carbocycles. The molecule has 1 amide bonds. The first-order valence-electron chi connectivity index (χ1n) is 12.5. The molecule has 1 aliphatic heterocycles. The van der Waals surface area contributed by atoms with Gasteiger partial charge in [0, 0.05) is 39.5 Å². The Bertz CT molecular complexity index is 1300. The maximum absolute atomic E-state index is 14.3. The van der Waals surface area contributed by atoms with Crippen LogP contribution in [0.5, 0.6) is 5.75 Å². The molecule has 220 valence electrons. The van der Waals surface area contributed by atoms with Gasteiger partial charge in [0.25, 0.3) is 0 Å². The monoisotopic (exact) mass is 588 g/mol. The van der Waals surface area contributed by atoms with Gasteiger partial charge in [-0.1, -0.05) is 16.0 Å². The summed E-state index contributed by atoms with van der Waals surface area (Å²) >= 11 is 0. The van der Waals surface area contributed by atoms with Gasteiger partial charge in [-0.15, -0.1) is 0 Å². The van der Waals surface area contributed by atoms with Crippen molar-refractivity contribution in [2.45, 2.75) is 52.1 Å². The van der Waals surface area contributed by atoms with Crippen LogP contribution >= 0.6 is 0 Å². The lowest BCUT2D eigenvalue weighted by Crippen LogP contribution is -2.43. The number of aliphatic carboxylic acids is 1. The molecule has 1 atom stereocenters. The molecule has 1 saturated heterocycles. The van der Waals surface area contributed by atoms with E-state index in [1.54, 1.807) is 23.6 Å². The number of carboxylic acids is 1. The number of likely N-dealkylation sites (tertiary alicyclic amines) is 1. The van der Waals surface area contributed by atoms with Crippen LogP contribution in [0.4, 0.5) is 34.9 Å². The smallest absolute Gasteiger partial charge is 0.415 e. The molecule has 2 heterocycles. The quantitative estimate of drug-likeness (QED) is 0.278. The highest BCUT2D eigenvalue weighted by atomic mass is 32.3. The fourth-order valence-corrected chi connectivity index (χ4v) is 4.91. The van der Waals surface area contributed by atoms with Gasteiger partial charge in [-0.05, 0) is 44.4 Å². The molecule has 40 heavy (non-hydrogen) atoms. The van der Waals surface area contributed by atoms with Crippen LogP contribution in [0.2, 0.25) is 0 Å². The summed E-state index contributed by atoms with van der Waals surface area (Å²) in [5, 5.41) is 12.3. The number of carbonyl (C=O) groups is 2. The Hall–Kier alpha value is -3.82. The lowest BCUT2D eigenvalue weighted by Gasteiger charge is -2.29. The van der Waals surface area contributed by atoms with Gasteiger partial charge in [0.1, 0.15) is 17.5 Å². The fraction of sp³-hybridized carbons (Fsp3) is 0.500. The zero-order valence-electron chi connectivity index (χ0n) is 22.2. The summed E-state index contributed by atoms with van der Waals surface area (Å²) in [6.07, 6.45) is 1.78. The van der Waals surface area contributed by atoms with Crippen LogP contribution in [0.3, 0.4) is 0 Å². The van der Waals surface area contributed by atoms with Crippen molar-refractivity contribution in [3.63, 3.8) is 0 Å². The van der Waals surface area contributed by atoms with Crippen molar-refractivity contribution in [2.24, 2.45) is 0 Å². The molecular weight excluding hydrogens is 557 g/mol. The van der Waals surface area contributed by atoms with Crippen molar-refractivity contribution < 1.29 is 40.5 Å². The molecule has 1 aliphatic rings. The Morgan fingerprint density at radius 1 is 1.18 bits per heavy atom. The Morgan fingerprint density at radius 2 is 1.77 bits per heavy atom. The number of alkyl halides is 2. The van der Waals surface area contributed by atoms with Crippen molar-refractivity contribution in [1.82, 2.24) is 14.9 Å². The average Bonchev–Trinajstić information content (AvgIpc) is 3.40. The number of nitrogens with one attached hydrogen (secondary N) is 1. The molecule has 0 bridgehead atoms. The number of nitrogens with zero attached hydrogens (tertiary/aromatic N) is 5. The summed E-state index contributed by atoms with van der Waals surface area (Å²) in [5.74, 6) is -1.81. The number of carbonyl (C=O) groups excluding carboxylic acids is 1. The van der Waals surface area contributed by atoms with Gasteiger partial charge < -0.3 is 25.0 Å². The van der Waals surface area contributed by atoms with E-state index in [0.29, 0.717) is 37.9 Å². The first-order chi connectivity index (χ1) is 18.7. The second kappa shape index (κ2) is 12.6. The van der Waals surface area contributed by atoms with Crippen LogP contribution in [-0.2, 0) is 21.6 Å². The lowest BCUT2D eigenvalue weighted by molar-refractivity contribution is -0.137. The van der Waals surface area contributed by atoms with Gasteiger partial charge in [-0.25, -0.2) is 14.6 Å². The number of carboxylic acid groups (broad SMARTS) is 1. The van der Waals surface area contributed by atoms with E-state index in [2.05, 4.69) is 15.3 Å². The molecule has 12 nitrogen and oxygen atoms in total. The van der Waals surface area contributed by atoms with Crippen molar-refractivity contribution in [3.8, 4) is 5.75 Å². The van der Waals surface area contributed by atoms with Gasteiger partial charge in [-0.3, -0.25) is 0 Å². The maximum Gasteiger partial charge on any atom is 0.415 e. The molecule has 1 aromatic carbocycles. The predicted molar refractivity (Wildman–Crippen MR) is 141 cm³/mol. The highest BCUT2D eigenvalue weighted by Crippen LogP contribution is 2.36. The van der Waals surface area contributed by atoms with Crippen LogP contribution in [0, 0.1) is 0 Å². The topological polar surface area (TPSA) is 145 Å². The highest BCUT2D eigenvalue weighted by molar-refractivity contribution is 7.87. The van der Waals surface area contributed by atoms with Crippen LogP contribution in [-0.4, -0.2) is 78.7 Å². The second-order valence-corrected chi connectivity index (χ2v) is 10.3. The van der Waals surface area contributed by atoms with Gasteiger partial charge in [0.2, 0.25) is 5.95 Å². The fourth-order valence-electron chi connectivity index (χ4n) is 4.16. The van der Waals surface area contributed by atoms with E-state index < -0.39 is 50.4 Å². The number of anilines is 3. The third-order valence-electron chi connectivity index (χ3n) is 6.14. The number of rotatable bonds is 12. The molecule has 1 fully saturated rings. The summed E-state index contributed by atoms with van der Waals surface area (Å²) in [4.78, 5) is 35.5. The zero-order chi connectivity index (χ0) is 29.7.